The van der Waals surface area contributed by atoms with E-state index in [4.69, 9.17) is 11.6 Å². The van der Waals surface area contributed by atoms with Crippen LogP contribution in [0.4, 0.5) is 10.5 Å². The summed E-state index contributed by atoms with van der Waals surface area (Å²) >= 11 is 6.13. The minimum atomic E-state index is -0.147. The van der Waals surface area contributed by atoms with Crippen LogP contribution in [0.3, 0.4) is 0 Å². The van der Waals surface area contributed by atoms with Gasteiger partial charge in [0, 0.05) is 36.9 Å². The summed E-state index contributed by atoms with van der Waals surface area (Å²) < 4.78 is 1.77. The van der Waals surface area contributed by atoms with Crippen molar-refractivity contribution in [1.29, 1.82) is 0 Å². The molecular weight excluding hydrogens is 426 g/mol. The maximum atomic E-state index is 13.2. The minimum Gasteiger partial charge on any atom is -0.335 e. The highest BCUT2D eigenvalue weighted by Gasteiger charge is 2.27. The fourth-order valence-electron chi connectivity index (χ4n) is 3.93. The lowest BCUT2D eigenvalue weighted by molar-refractivity contribution is 0.0670. The SMILES string of the molecule is CCc1c(C(=O)N2CCN(C(=O)Nc3cccc(C)c3)CC2)cnn1-c1cccc(Cl)c1. The Morgan fingerprint density at radius 1 is 1.03 bits per heavy atom. The number of carbonyl (C=O) groups is 2. The van der Waals surface area contributed by atoms with E-state index in [1.165, 1.54) is 0 Å². The molecule has 8 heteroatoms. The first-order chi connectivity index (χ1) is 15.5. The van der Waals surface area contributed by atoms with Gasteiger partial charge in [-0.2, -0.15) is 5.10 Å². The van der Waals surface area contributed by atoms with Crippen molar-refractivity contribution in [2.45, 2.75) is 20.3 Å². The number of rotatable bonds is 4. The average Bonchev–Trinajstić information content (AvgIpc) is 3.23. The van der Waals surface area contributed by atoms with Crippen LogP contribution in [0.25, 0.3) is 5.69 Å². The average molecular weight is 452 g/mol. The molecule has 1 fully saturated rings. The van der Waals surface area contributed by atoms with E-state index in [1.807, 2.05) is 56.3 Å². The first-order valence-corrected chi connectivity index (χ1v) is 11.1. The van der Waals surface area contributed by atoms with Crippen LogP contribution >= 0.6 is 11.6 Å². The van der Waals surface area contributed by atoms with Crippen LogP contribution in [0.15, 0.2) is 54.7 Å². The zero-order chi connectivity index (χ0) is 22.7. The third-order valence-corrected chi connectivity index (χ3v) is 5.85. The van der Waals surface area contributed by atoms with Crippen LogP contribution in [0.2, 0.25) is 5.02 Å². The van der Waals surface area contributed by atoms with Gasteiger partial charge in [0.05, 0.1) is 23.1 Å². The zero-order valence-electron chi connectivity index (χ0n) is 18.2. The summed E-state index contributed by atoms with van der Waals surface area (Å²) in [5.41, 5.74) is 4.12. The van der Waals surface area contributed by atoms with Gasteiger partial charge in [-0.1, -0.05) is 36.7 Å². The second kappa shape index (κ2) is 9.44. The number of hydrogen-bond donors (Lipinski definition) is 1. The van der Waals surface area contributed by atoms with Gasteiger partial charge >= 0.3 is 6.03 Å². The second-order valence-corrected chi connectivity index (χ2v) is 8.27. The molecule has 1 saturated heterocycles. The number of anilines is 1. The quantitative estimate of drug-likeness (QED) is 0.639. The number of aryl methyl sites for hydroxylation is 1. The number of hydrogen-bond acceptors (Lipinski definition) is 3. The van der Waals surface area contributed by atoms with Crippen molar-refractivity contribution in [2.75, 3.05) is 31.5 Å². The third-order valence-electron chi connectivity index (χ3n) is 5.61. The molecule has 1 aliphatic rings. The Balaban J connectivity index is 1.42. The Morgan fingerprint density at radius 2 is 1.75 bits per heavy atom. The lowest BCUT2D eigenvalue weighted by Gasteiger charge is -2.34. The van der Waals surface area contributed by atoms with E-state index in [2.05, 4.69) is 10.4 Å². The predicted molar refractivity (Wildman–Crippen MR) is 126 cm³/mol. The molecule has 1 aromatic heterocycles. The summed E-state index contributed by atoms with van der Waals surface area (Å²) in [6.45, 7) is 5.90. The first-order valence-electron chi connectivity index (χ1n) is 10.7. The number of amides is 3. The Morgan fingerprint density at radius 3 is 2.44 bits per heavy atom. The lowest BCUT2D eigenvalue weighted by atomic mass is 10.1. The van der Waals surface area contributed by atoms with E-state index in [9.17, 15) is 9.59 Å². The molecule has 0 atom stereocenters. The van der Waals surface area contributed by atoms with Gasteiger partial charge < -0.3 is 15.1 Å². The fourth-order valence-corrected chi connectivity index (χ4v) is 4.12. The topological polar surface area (TPSA) is 70.5 Å². The summed E-state index contributed by atoms with van der Waals surface area (Å²) in [5.74, 6) is -0.0612. The van der Waals surface area contributed by atoms with E-state index in [-0.39, 0.29) is 11.9 Å². The van der Waals surface area contributed by atoms with Gasteiger partial charge in [0.1, 0.15) is 0 Å². The minimum absolute atomic E-state index is 0.0612. The highest BCUT2D eigenvalue weighted by atomic mass is 35.5. The number of aromatic nitrogens is 2. The Hall–Kier alpha value is -3.32. The van der Waals surface area contributed by atoms with Crippen LogP contribution in [-0.4, -0.2) is 57.7 Å². The van der Waals surface area contributed by atoms with Crippen LogP contribution < -0.4 is 5.32 Å². The highest BCUT2D eigenvalue weighted by Crippen LogP contribution is 2.21. The number of urea groups is 1. The van der Waals surface area contributed by atoms with Crippen molar-refractivity contribution in [1.82, 2.24) is 19.6 Å². The van der Waals surface area contributed by atoms with Gasteiger partial charge in [0.25, 0.3) is 5.91 Å². The van der Waals surface area contributed by atoms with Gasteiger partial charge in [-0.25, -0.2) is 9.48 Å². The molecular formula is C24H26ClN5O2. The Labute approximate surface area is 192 Å². The molecule has 2 aromatic carbocycles. The van der Waals surface area contributed by atoms with Crippen LogP contribution in [0.5, 0.6) is 0 Å². The summed E-state index contributed by atoms with van der Waals surface area (Å²) in [4.78, 5) is 29.3. The van der Waals surface area contributed by atoms with Crippen molar-refractivity contribution < 1.29 is 9.59 Å². The van der Waals surface area contributed by atoms with E-state index in [0.29, 0.717) is 43.2 Å². The molecule has 7 nitrogen and oxygen atoms in total. The van der Waals surface area contributed by atoms with Crippen molar-refractivity contribution in [3.05, 3.63) is 76.6 Å². The van der Waals surface area contributed by atoms with Crippen molar-refractivity contribution >= 4 is 29.2 Å². The molecule has 3 aromatic rings. The lowest BCUT2D eigenvalue weighted by Crippen LogP contribution is -2.51. The number of benzene rings is 2. The highest BCUT2D eigenvalue weighted by molar-refractivity contribution is 6.30. The maximum Gasteiger partial charge on any atom is 0.321 e. The van der Waals surface area contributed by atoms with Gasteiger partial charge in [-0.05, 0) is 49.2 Å². The number of nitrogens with zero attached hydrogens (tertiary/aromatic N) is 4. The van der Waals surface area contributed by atoms with E-state index in [0.717, 1.165) is 22.6 Å². The van der Waals surface area contributed by atoms with E-state index in [1.54, 1.807) is 26.7 Å². The molecule has 166 valence electrons. The summed E-state index contributed by atoms with van der Waals surface area (Å²) in [7, 11) is 0. The third kappa shape index (κ3) is 4.62. The molecule has 0 aliphatic carbocycles. The Bertz CT molecular complexity index is 1130. The fraction of sp³-hybridized carbons (Fsp3) is 0.292. The zero-order valence-corrected chi connectivity index (χ0v) is 19.0. The van der Waals surface area contributed by atoms with E-state index >= 15 is 0 Å². The van der Waals surface area contributed by atoms with Crippen molar-refractivity contribution in [3.8, 4) is 5.69 Å². The molecule has 1 N–H and O–H groups in total. The Kier molecular flexibility index (Phi) is 6.46. The molecule has 3 amide bonds. The molecule has 0 unspecified atom stereocenters. The molecule has 2 heterocycles. The molecule has 0 bridgehead atoms. The normalized spacial score (nSPS) is 13.8. The van der Waals surface area contributed by atoms with Gasteiger partial charge in [-0.3, -0.25) is 4.79 Å². The molecule has 0 saturated carbocycles. The number of carbonyl (C=O) groups excluding carboxylic acids is 2. The van der Waals surface area contributed by atoms with Crippen molar-refractivity contribution in [3.63, 3.8) is 0 Å². The maximum absolute atomic E-state index is 13.2. The second-order valence-electron chi connectivity index (χ2n) is 7.83. The smallest absolute Gasteiger partial charge is 0.321 e. The summed E-state index contributed by atoms with van der Waals surface area (Å²) in [6.07, 6.45) is 2.28. The van der Waals surface area contributed by atoms with Gasteiger partial charge in [0.2, 0.25) is 0 Å². The van der Waals surface area contributed by atoms with E-state index < -0.39 is 0 Å². The number of nitrogens with one attached hydrogen (secondary N) is 1. The van der Waals surface area contributed by atoms with Crippen LogP contribution in [0.1, 0.15) is 28.5 Å². The molecule has 1 aliphatic heterocycles. The summed E-state index contributed by atoms with van der Waals surface area (Å²) in [5, 5.41) is 8.00. The van der Waals surface area contributed by atoms with Crippen LogP contribution in [-0.2, 0) is 6.42 Å². The van der Waals surface area contributed by atoms with Crippen LogP contribution in [0, 0.1) is 6.92 Å². The standard InChI is InChI=1S/C24H26ClN5O2/c1-3-22-21(16-26-30(22)20-9-5-7-18(25)15-20)23(31)28-10-12-29(13-11-28)24(32)27-19-8-4-6-17(2)14-19/h4-9,14-16H,3,10-13H2,1-2H3,(H,27,32). The summed E-state index contributed by atoms with van der Waals surface area (Å²) in [6, 6.07) is 15.0. The molecule has 32 heavy (non-hydrogen) atoms. The number of halogens is 1. The largest absolute Gasteiger partial charge is 0.335 e. The van der Waals surface area contributed by atoms with Crippen molar-refractivity contribution in [2.24, 2.45) is 0 Å². The molecule has 0 spiro atoms. The first kappa shape index (κ1) is 21.9. The molecule has 0 radical (unpaired) electrons. The number of piperazine rings is 1. The predicted octanol–water partition coefficient (Wildman–Crippen LogP) is 4.39. The molecule has 4 rings (SSSR count). The van der Waals surface area contributed by atoms with Gasteiger partial charge in [-0.15, -0.1) is 0 Å². The van der Waals surface area contributed by atoms with Gasteiger partial charge in [0.15, 0.2) is 0 Å². The monoisotopic (exact) mass is 451 g/mol.